The quantitative estimate of drug-likeness (QED) is 0.784. The smallest absolute Gasteiger partial charge is 0.253 e. The SMILES string of the molecule is COc1ccc(C(NC(=O)C2CCN(C(=O)c3ccc(F)cc3)CC2)C2CC2)cc1. The Bertz CT molecular complexity index is 886. The fraction of sp³-hybridized carbons (Fsp3) is 0.417. The topological polar surface area (TPSA) is 58.6 Å². The van der Waals surface area contributed by atoms with Gasteiger partial charge in [-0.05, 0) is 73.6 Å². The Balaban J connectivity index is 1.34. The van der Waals surface area contributed by atoms with Gasteiger partial charge in [0.25, 0.3) is 5.91 Å². The van der Waals surface area contributed by atoms with Gasteiger partial charge in [-0.15, -0.1) is 0 Å². The molecule has 1 aliphatic heterocycles. The number of hydrogen-bond donors (Lipinski definition) is 1. The van der Waals surface area contributed by atoms with Crippen molar-refractivity contribution in [1.82, 2.24) is 10.2 Å². The number of piperidine rings is 1. The lowest BCUT2D eigenvalue weighted by Crippen LogP contribution is -2.44. The molecule has 0 aromatic heterocycles. The first kappa shape index (κ1) is 20.4. The Hall–Kier alpha value is -2.89. The molecule has 0 spiro atoms. The number of methoxy groups -OCH3 is 1. The number of halogens is 1. The Morgan fingerprint density at radius 1 is 1.00 bits per heavy atom. The zero-order chi connectivity index (χ0) is 21.1. The van der Waals surface area contributed by atoms with E-state index in [1.54, 1.807) is 12.0 Å². The molecule has 1 heterocycles. The summed E-state index contributed by atoms with van der Waals surface area (Å²) in [6.07, 6.45) is 3.53. The van der Waals surface area contributed by atoms with Crippen molar-refractivity contribution >= 4 is 11.8 Å². The van der Waals surface area contributed by atoms with Crippen LogP contribution in [0.1, 0.15) is 47.6 Å². The van der Waals surface area contributed by atoms with E-state index >= 15 is 0 Å². The first-order valence-corrected chi connectivity index (χ1v) is 10.5. The number of carbonyl (C=O) groups excluding carboxylic acids is 2. The molecule has 0 bridgehead atoms. The molecule has 2 aliphatic rings. The van der Waals surface area contributed by atoms with Crippen LogP contribution < -0.4 is 10.1 Å². The summed E-state index contributed by atoms with van der Waals surface area (Å²) in [6.45, 7) is 1.07. The van der Waals surface area contributed by atoms with Crippen LogP contribution in [0, 0.1) is 17.7 Å². The molecular weight excluding hydrogens is 383 g/mol. The number of amides is 2. The summed E-state index contributed by atoms with van der Waals surface area (Å²) in [5.41, 5.74) is 1.59. The lowest BCUT2D eigenvalue weighted by atomic mass is 9.94. The molecule has 1 aliphatic carbocycles. The second-order valence-electron chi connectivity index (χ2n) is 8.17. The van der Waals surface area contributed by atoms with Crippen LogP contribution in [0.15, 0.2) is 48.5 Å². The normalized spacial score (nSPS) is 18.0. The van der Waals surface area contributed by atoms with Gasteiger partial charge in [0, 0.05) is 24.6 Å². The highest BCUT2D eigenvalue weighted by molar-refractivity contribution is 5.94. The Kier molecular flexibility index (Phi) is 6.02. The van der Waals surface area contributed by atoms with Crippen molar-refractivity contribution in [2.45, 2.75) is 31.7 Å². The number of benzene rings is 2. The van der Waals surface area contributed by atoms with Gasteiger partial charge in [-0.2, -0.15) is 0 Å². The first-order chi connectivity index (χ1) is 14.5. The summed E-state index contributed by atoms with van der Waals surface area (Å²) in [5.74, 6) is 0.797. The molecule has 2 amide bonds. The number of carbonyl (C=O) groups is 2. The molecule has 5 nitrogen and oxygen atoms in total. The predicted octanol–water partition coefficient (Wildman–Crippen LogP) is 3.95. The number of nitrogens with one attached hydrogen (secondary N) is 1. The summed E-state index contributed by atoms with van der Waals surface area (Å²) in [6, 6.07) is 13.5. The number of rotatable bonds is 6. The van der Waals surface area contributed by atoms with Crippen molar-refractivity contribution in [3.05, 3.63) is 65.5 Å². The van der Waals surface area contributed by atoms with Gasteiger partial charge in [0.2, 0.25) is 5.91 Å². The minimum absolute atomic E-state index is 0.0299. The zero-order valence-corrected chi connectivity index (χ0v) is 17.1. The zero-order valence-electron chi connectivity index (χ0n) is 17.1. The number of hydrogen-bond acceptors (Lipinski definition) is 3. The standard InChI is InChI=1S/C24H27FN2O3/c1-30-21-10-6-17(7-11-21)22(16-2-3-16)26-23(28)18-12-14-27(15-13-18)24(29)19-4-8-20(25)9-5-19/h4-11,16,18,22H,2-3,12-15H2,1H3,(H,26,28). The highest BCUT2D eigenvalue weighted by Crippen LogP contribution is 2.41. The third-order valence-electron chi connectivity index (χ3n) is 6.11. The summed E-state index contributed by atoms with van der Waals surface area (Å²) in [4.78, 5) is 27.3. The molecule has 158 valence electrons. The molecule has 4 rings (SSSR count). The average Bonchev–Trinajstić information content (AvgIpc) is 3.63. The van der Waals surface area contributed by atoms with Crippen LogP contribution in [0.4, 0.5) is 4.39 Å². The molecule has 1 unspecified atom stereocenters. The third-order valence-corrected chi connectivity index (χ3v) is 6.11. The lowest BCUT2D eigenvalue weighted by Gasteiger charge is -2.32. The predicted molar refractivity (Wildman–Crippen MR) is 112 cm³/mol. The highest BCUT2D eigenvalue weighted by Gasteiger charge is 2.35. The summed E-state index contributed by atoms with van der Waals surface area (Å²) in [7, 11) is 1.64. The molecule has 1 saturated heterocycles. The molecule has 30 heavy (non-hydrogen) atoms. The van der Waals surface area contributed by atoms with E-state index in [9.17, 15) is 14.0 Å². The van der Waals surface area contributed by atoms with Crippen molar-refractivity contribution in [1.29, 1.82) is 0 Å². The van der Waals surface area contributed by atoms with Crippen molar-refractivity contribution in [3.8, 4) is 5.75 Å². The largest absolute Gasteiger partial charge is 0.497 e. The molecule has 0 radical (unpaired) electrons. The van der Waals surface area contributed by atoms with Crippen LogP contribution >= 0.6 is 0 Å². The first-order valence-electron chi connectivity index (χ1n) is 10.5. The average molecular weight is 410 g/mol. The minimum atomic E-state index is -0.357. The Labute approximate surface area is 176 Å². The molecule has 1 N–H and O–H groups in total. The van der Waals surface area contributed by atoms with Gasteiger partial charge in [-0.25, -0.2) is 4.39 Å². The fourth-order valence-electron chi connectivity index (χ4n) is 4.11. The molecule has 2 fully saturated rings. The van der Waals surface area contributed by atoms with Gasteiger partial charge >= 0.3 is 0 Å². The highest BCUT2D eigenvalue weighted by atomic mass is 19.1. The van der Waals surface area contributed by atoms with Crippen LogP contribution in [0.3, 0.4) is 0 Å². The summed E-state index contributed by atoms with van der Waals surface area (Å²) in [5, 5.41) is 3.26. The van der Waals surface area contributed by atoms with E-state index in [4.69, 9.17) is 4.74 Å². The van der Waals surface area contributed by atoms with Crippen LogP contribution in [0.25, 0.3) is 0 Å². The van der Waals surface area contributed by atoms with E-state index in [0.717, 1.165) is 24.2 Å². The summed E-state index contributed by atoms with van der Waals surface area (Å²) >= 11 is 0. The van der Waals surface area contributed by atoms with Gasteiger partial charge in [-0.1, -0.05) is 12.1 Å². The number of ether oxygens (including phenoxy) is 1. The summed E-state index contributed by atoms with van der Waals surface area (Å²) < 4.78 is 18.3. The van der Waals surface area contributed by atoms with Gasteiger partial charge in [0.05, 0.1) is 13.2 Å². The maximum Gasteiger partial charge on any atom is 0.253 e. The van der Waals surface area contributed by atoms with Crippen LogP contribution in [-0.4, -0.2) is 36.9 Å². The van der Waals surface area contributed by atoms with Gasteiger partial charge in [-0.3, -0.25) is 9.59 Å². The van der Waals surface area contributed by atoms with Gasteiger partial charge < -0.3 is 15.0 Å². The van der Waals surface area contributed by atoms with Crippen LogP contribution in [0.5, 0.6) is 5.75 Å². The number of nitrogens with zero attached hydrogens (tertiary/aromatic N) is 1. The van der Waals surface area contributed by atoms with E-state index in [0.29, 0.717) is 37.4 Å². The second-order valence-corrected chi connectivity index (χ2v) is 8.17. The lowest BCUT2D eigenvalue weighted by molar-refractivity contribution is -0.127. The monoisotopic (exact) mass is 410 g/mol. The van der Waals surface area contributed by atoms with Gasteiger partial charge in [0.15, 0.2) is 0 Å². The maximum absolute atomic E-state index is 13.1. The van der Waals surface area contributed by atoms with Crippen molar-refractivity contribution < 1.29 is 18.7 Å². The van der Waals surface area contributed by atoms with E-state index in [1.807, 2.05) is 24.3 Å². The molecule has 1 saturated carbocycles. The maximum atomic E-state index is 13.1. The molecule has 6 heteroatoms. The molecule has 2 aromatic rings. The fourth-order valence-corrected chi connectivity index (χ4v) is 4.11. The van der Waals surface area contributed by atoms with Crippen molar-refractivity contribution in [3.63, 3.8) is 0 Å². The van der Waals surface area contributed by atoms with Crippen molar-refractivity contribution in [2.24, 2.45) is 11.8 Å². The minimum Gasteiger partial charge on any atom is -0.497 e. The third kappa shape index (κ3) is 4.64. The van der Waals surface area contributed by atoms with Gasteiger partial charge in [0.1, 0.15) is 11.6 Å². The molecular formula is C24H27FN2O3. The number of likely N-dealkylation sites (tertiary alicyclic amines) is 1. The Morgan fingerprint density at radius 3 is 2.20 bits per heavy atom. The van der Waals surface area contributed by atoms with Crippen LogP contribution in [0.2, 0.25) is 0 Å². The molecule has 1 atom stereocenters. The van der Waals surface area contributed by atoms with E-state index in [-0.39, 0.29) is 29.6 Å². The molecule has 2 aromatic carbocycles. The van der Waals surface area contributed by atoms with E-state index in [1.165, 1.54) is 24.3 Å². The van der Waals surface area contributed by atoms with Crippen molar-refractivity contribution in [2.75, 3.05) is 20.2 Å². The van der Waals surface area contributed by atoms with E-state index < -0.39 is 0 Å². The Morgan fingerprint density at radius 2 is 1.63 bits per heavy atom. The second kappa shape index (κ2) is 8.86. The van der Waals surface area contributed by atoms with Crippen LogP contribution in [-0.2, 0) is 4.79 Å². The van der Waals surface area contributed by atoms with E-state index in [2.05, 4.69) is 5.32 Å².